The van der Waals surface area contributed by atoms with Gasteiger partial charge < -0.3 is 19.0 Å². The molecule has 0 spiro atoms. The van der Waals surface area contributed by atoms with Crippen molar-refractivity contribution in [2.75, 3.05) is 9.80 Å². The van der Waals surface area contributed by atoms with Crippen LogP contribution in [0.4, 0.5) is 34.1 Å². The maximum Gasteiger partial charge on any atom is 0.159 e. The molecule has 0 bridgehead atoms. The Morgan fingerprint density at radius 3 is 1.77 bits per heavy atom. The van der Waals surface area contributed by atoms with E-state index in [1.54, 1.807) is 0 Å². The molecule has 1 aliphatic rings. The highest BCUT2D eigenvalue weighted by molar-refractivity contribution is 6.13. The third kappa shape index (κ3) is 5.23. The Hall–Kier alpha value is -7.56. The highest BCUT2D eigenvalue weighted by Crippen LogP contribution is 2.55. The van der Waals surface area contributed by atoms with Crippen LogP contribution in [0, 0.1) is 0 Å². The van der Waals surface area contributed by atoms with Crippen LogP contribution in [0.25, 0.3) is 55.0 Å². The molecular weight excluding hydrogens is 685 g/mol. The van der Waals surface area contributed by atoms with Crippen LogP contribution in [0.1, 0.15) is 0 Å². The van der Waals surface area contributed by atoms with E-state index >= 15 is 0 Å². The first kappa shape index (κ1) is 31.9. The fourth-order valence-corrected chi connectivity index (χ4v) is 8.26. The fourth-order valence-electron chi connectivity index (χ4n) is 8.26. The quantitative estimate of drug-likeness (QED) is 0.164. The Morgan fingerprint density at radius 1 is 0.375 bits per heavy atom. The molecular formula is C52H34N2O2. The molecule has 0 aliphatic carbocycles. The van der Waals surface area contributed by atoms with Gasteiger partial charge in [-0.2, -0.15) is 0 Å². The molecule has 0 amide bonds. The molecule has 9 aromatic carbocycles. The summed E-state index contributed by atoms with van der Waals surface area (Å²) >= 11 is 0. The van der Waals surface area contributed by atoms with Crippen LogP contribution in [0.15, 0.2) is 211 Å². The lowest BCUT2D eigenvalue weighted by molar-refractivity contribution is 0.488. The number of nitrogens with zero attached hydrogens (tertiary/aromatic N) is 2. The third-order valence-electron chi connectivity index (χ3n) is 10.8. The Balaban J connectivity index is 1.12. The van der Waals surface area contributed by atoms with Gasteiger partial charge in [0.1, 0.15) is 11.3 Å². The third-order valence-corrected chi connectivity index (χ3v) is 10.8. The number of hydrogen-bond acceptors (Lipinski definition) is 4. The summed E-state index contributed by atoms with van der Waals surface area (Å²) in [4.78, 5) is 4.58. The normalized spacial score (nSPS) is 11.7. The molecule has 2 heterocycles. The molecule has 264 valence electrons. The zero-order chi connectivity index (χ0) is 37.0. The Labute approximate surface area is 324 Å². The van der Waals surface area contributed by atoms with Gasteiger partial charge in [-0.3, -0.25) is 0 Å². The molecule has 0 unspecified atom stereocenters. The zero-order valence-corrected chi connectivity index (χ0v) is 30.3. The molecule has 0 fully saturated rings. The first-order chi connectivity index (χ1) is 27.8. The second kappa shape index (κ2) is 13.1. The summed E-state index contributed by atoms with van der Waals surface area (Å²) in [5.74, 6) is 1.62. The number of ether oxygens (including phenoxy) is 1. The minimum atomic E-state index is 0.807. The van der Waals surface area contributed by atoms with Gasteiger partial charge in [-0.25, -0.2) is 0 Å². The smallest absolute Gasteiger partial charge is 0.159 e. The second-order valence-corrected chi connectivity index (χ2v) is 14.1. The van der Waals surface area contributed by atoms with Crippen LogP contribution in [0.5, 0.6) is 11.5 Å². The molecule has 10 aromatic rings. The largest absolute Gasteiger partial charge is 0.454 e. The molecule has 11 rings (SSSR count). The van der Waals surface area contributed by atoms with Gasteiger partial charge in [0.05, 0.1) is 11.4 Å². The van der Waals surface area contributed by atoms with Crippen molar-refractivity contribution in [2.45, 2.75) is 0 Å². The minimum Gasteiger partial charge on any atom is -0.454 e. The number of benzene rings is 9. The van der Waals surface area contributed by atoms with Crippen molar-refractivity contribution in [3.63, 3.8) is 0 Å². The van der Waals surface area contributed by atoms with Crippen LogP contribution >= 0.6 is 0 Å². The lowest BCUT2D eigenvalue weighted by atomic mass is 9.93. The highest BCUT2D eigenvalue weighted by Gasteiger charge is 2.29. The molecule has 0 N–H and O–H groups in total. The number of anilines is 6. The van der Waals surface area contributed by atoms with E-state index in [4.69, 9.17) is 9.15 Å². The summed E-state index contributed by atoms with van der Waals surface area (Å²) in [6.07, 6.45) is 0. The van der Waals surface area contributed by atoms with Crippen molar-refractivity contribution in [3.8, 4) is 33.8 Å². The summed E-state index contributed by atoms with van der Waals surface area (Å²) < 4.78 is 13.8. The number of furan rings is 1. The van der Waals surface area contributed by atoms with Crippen LogP contribution in [-0.4, -0.2) is 0 Å². The number of para-hydroxylation sites is 4. The molecule has 1 aliphatic heterocycles. The van der Waals surface area contributed by atoms with E-state index in [1.165, 1.54) is 5.56 Å². The fraction of sp³-hybridized carbons (Fsp3) is 0. The summed E-state index contributed by atoms with van der Waals surface area (Å²) in [6.45, 7) is 0. The first-order valence-electron chi connectivity index (χ1n) is 18.9. The van der Waals surface area contributed by atoms with Gasteiger partial charge in [-0.05, 0) is 94.9 Å². The standard InChI is InChI=1S/C52H34N2O2/c1-4-14-35(15-5-1)36-26-29-40(30-27-36)54(46-24-13-23-44-42-21-10-11-25-48(42)55-51(44)46)47-32-28-37-16-12-22-43-45-34-41(31-33-49(45)56-52(47)50(37)43)53(38-17-6-2-7-18-38)39-19-8-3-9-20-39/h1-34H. The predicted molar refractivity (Wildman–Crippen MR) is 232 cm³/mol. The number of hydrogen-bond donors (Lipinski definition) is 0. The van der Waals surface area contributed by atoms with Crippen LogP contribution < -0.4 is 14.5 Å². The van der Waals surface area contributed by atoms with Gasteiger partial charge in [0.15, 0.2) is 11.3 Å². The molecule has 0 radical (unpaired) electrons. The van der Waals surface area contributed by atoms with Crippen LogP contribution in [-0.2, 0) is 0 Å². The van der Waals surface area contributed by atoms with Crippen LogP contribution in [0.2, 0.25) is 0 Å². The summed E-state index contributed by atoms with van der Waals surface area (Å²) in [5, 5.41) is 4.34. The van der Waals surface area contributed by atoms with Gasteiger partial charge in [0.2, 0.25) is 0 Å². The predicted octanol–water partition coefficient (Wildman–Crippen LogP) is 15.1. The van der Waals surface area contributed by atoms with E-state index in [1.807, 2.05) is 12.1 Å². The SMILES string of the molecule is c1ccc(-c2ccc(N(c3ccc4cccc5c4c3Oc3ccc(N(c4ccccc4)c4ccccc4)cc3-5)c3cccc4c3oc3ccccc34)cc2)cc1. The topological polar surface area (TPSA) is 28.9 Å². The van der Waals surface area contributed by atoms with E-state index in [2.05, 4.69) is 204 Å². The summed E-state index contributed by atoms with van der Waals surface area (Å²) in [6, 6.07) is 72.4. The highest BCUT2D eigenvalue weighted by atomic mass is 16.5. The molecule has 0 atom stereocenters. The molecule has 4 nitrogen and oxygen atoms in total. The van der Waals surface area contributed by atoms with Gasteiger partial charge in [0, 0.05) is 44.5 Å². The second-order valence-electron chi connectivity index (χ2n) is 14.1. The lowest BCUT2D eigenvalue weighted by Gasteiger charge is -2.31. The zero-order valence-electron chi connectivity index (χ0n) is 30.3. The van der Waals surface area contributed by atoms with Gasteiger partial charge in [-0.1, -0.05) is 133 Å². The average molecular weight is 719 g/mol. The Bertz CT molecular complexity index is 3010. The van der Waals surface area contributed by atoms with Crippen LogP contribution in [0.3, 0.4) is 0 Å². The van der Waals surface area contributed by atoms with E-state index in [0.717, 1.165) is 95.0 Å². The first-order valence-corrected chi connectivity index (χ1v) is 18.9. The molecule has 0 saturated carbocycles. The van der Waals surface area contributed by atoms with Crippen molar-refractivity contribution >= 4 is 66.8 Å². The maximum absolute atomic E-state index is 7.12. The molecule has 1 aromatic heterocycles. The Kier molecular flexibility index (Phi) is 7.46. The lowest BCUT2D eigenvalue weighted by Crippen LogP contribution is -2.13. The van der Waals surface area contributed by atoms with E-state index in [0.29, 0.717) is 0 Å². The van der Waals surface area contributed by atoms with Gasteiger partial charge in [-0.15, -0.1) is 0 Å². The van der Waals surface area contributed by atoms with E-state index in [-0.39, 0.29) is 0 Å². The number of rotatable bonds is 7. The monoisotopic (exact) mass is 718 g/mol. The van der Waals surface area contributed by atoms with Crippen molar-refractivity contribution in [3.05, 3.63) is 206 Å². The number of fused-ring (bicyclic) bond motifs is 5. The summed E-state index contributed by atoms with van der Waals surface area (Å²) in [7, 11) is 0. The summed E-state index contributed by atoms with van der Waals surface area (Å²) in [5.41, 5.74) is 12.3. The van der Waals surface area contributed by atoms with E-state index < -0.39 is 0 Å². The van der Waals surface area contributed by atoms with Crippen molar-refractivity contribution in [1.29, 1.82) is 0 Å². The molecule has 56 heavy (non-hydrogen) atoms. The van der Waals surface area contributed by atoms with E-state index in [9.17, 15) is 0 Å². The Morgan fingerprint density at radius 2 is 1.00 bits per heavy atom. The van der Waals surface area contributed by atoms with Crippen molar-refractivity contribution in [2.24, 2.45) is 0 Å². The molecule has 4 heteroatoms. The van der Waals surface area contributed by atoms with Gasteiger partial charge in [0.25, 0.3) is 0 Å². The minimum absolute atomic E-state index is 0.807. The maximum atomic E-state index is 7.12. The van der Waals surface area contributed by atoms with Gasteiger partial charge >= 0.3 is 0 Å². The van der Waals surface area contributed by atoms with Crippen molar-refractivity contribution < 1.29 is 9.15 Å². The average Bonchev–Trinajstić information content (AvgIpc) is 3.66. The van der Waals surface area contributed by atoms with Crippen molar-refractivity contribution in [1.82, 2.24) is 0 Å². The molecule has 0 saturated heterocycles.